The third-order valence-corrected chi connectivity index (χ3v) is 3.01. The monoisotopic (exact) mass is 232 g/mol. The highest BCUT2D eigenvalue weighted by molar-refractivity contribution is 4.70. The topological polar surface area (TPSA) is 27.7 Å². The van der Waals surface area contributed by atoms with Gasteiger partial charge >= 0.3 is 0 Å². The van der Waals surface area contributed by atoms with E-state index < -0.39 is 0 Å². The van der Waals surface area contributed by atoms with Gasteiger partial charge in [0.15, 0.2) is 6.29 Å². The van der Waals surface area contributed by atoms with Gasteiger partial charge in [0.05, 0.1) is 0 Å². The summed E-state index contributed by atoms with van der Waals surface area (Å²) >= 11 is 0. The summed E-state index contributed by atoms with van der Waals surface area (Å²) in [7, 11) is 5.02. The number of rotatable bonds is 9. The Morgan fingerprint density at radius 1 is 0.812 bits per heavy atom. The molecule has 0 amide bonds. The lowest BCUT2D eigenvalue weighted by Crippen LogP contribution is -2.36. The Hall–Kier alpha value is -0.120. The van der Waals surface area contributed by atoms with Crippen LogP contribution in [0.15, 0.2) is 0 Å². The summed E-state index contributed by atoms with van der Waals surface area (Å²) in [5.74, 6) is 1.22. The maximum absolute atomic E-state index is 5.46. The van der Waals surface area contributed by atoms with Gasteiger partial charge in [-0.3, -0.25) is 0 Å². The van der Waals surface area contributed by atoms with Crippen LogP contribution in [0.25, 0.3) is 0 Å². The summed E-state index contributed by atoms with van der Waals surface area (Å²) in [4.78, 5) is 0. The largest absolute Gasteiger partial charge is 0.376 e. The van der Waals surface area contributed by atoms with Gasteiger partial charge in [-0.2, -0.15) is 0 Å². The number of ether oxygens (including phenoxy) is 3. The molecular weight excluding hydrogens is 204 g/mol. The third-order valence-electron chi connectivity index (χ3n) is 3.01. The van der Waals surface area contributed by atoms with Crippen molar-refractivity contribution in [2.75, 3.05) is 21.3 Å². The first kappa shape index (κ1) is 15.9. The second-order valence-corrected chi connectivity index (χ2v) is 4.84. The van der Waals surface area contributed by atoms with Crippen molar-refractivity contribution in [2.45, 2.75) is 52.4 Å². The van der Waals surface area contributed by atoms with Gasteiger partial charge in [0.25, 0.3) is 0 Å². The summed E-state index contributed by atoms with van der Waals surface area (Å²) in [5, 5.41) is 0. The molecule has 0 aromatic rings. The average Bonchev–Trinajstić information content (AvgIpc) is 2.24. The van der Waals surface area contributed by atoms with Gasteiger partial charge in [0, 0.05) is 21.3 Å². The lowest BCUT2D eigenvalue weighted by Gasteiger charge is -2.28. The van der Waals surface area contributed by atoms with Crippen molar-refractivity contribution in [1.29, 1.82) is 0 Å². The minimum absolute atomic E-state index is 0.0159. The zero-order valence-corrected chi connectivity index (χ0v) is 11.7. The predicted octanol–water partition coefficient (Wildman–Crippen LogP) is 3.08. The molecule has 2 unspecified atom stereocenters. The number of hydrogen-bond acceptors (Lipinski definition) is 3. The van der Waals surface area contributed by atoms with E-state index in [-0.39, 0.29) is 12.4 Å². The zero-order chi connectivity index (χ0) is 12.6. The first-order valence-corrected chi connectivity index (χ1v) is 6.15. The Morgan fingerprint density at radius 2 is 1.38 bits per heavy atom. The van der Waals surface area contributed by atoms with Gasteiger partial charge in [0.1, 0.15) is 6.10 Å². The number of methoxy groups -OCH3 is 3. The van der Waals surface area contributed by atoms with Crippen LogP contribution >= 0.6 is 0 Å². The smallest absolute Gasteiger partial charge is 0.183 e. The first-order chi connectivity index (χ1) is 7.56. The molecule has 3 heteroatoms. The van der Waals surface area contributed by atoms with Crippen molar-refractivity contribution in [1.82, 2.24) is 0 Å². The molecule has 0 radical (unpaired) electrons. The van der Waals surface area contributed by atoms with E-state index in [9.17, 15) is 0 Å². The van der Waals surface area contributed by atoms with Crippen LogP contribution in [-0.4, -0.2) is 33.7 Å². The maximum atomic E-state index is 5.46. The Bertz CT molecular complexity index is 155. The van der Waals surface area contributed by atoms with Crippen molar-refractivity contribution in [3.8, 4) is 0 Å². The fraction of sp³-hybridized carbons (Fsp3) is 1.00. The Morgan fingerprint density at radius 3 is 1.75 bits per heavy atom. The molecule has 0 rings (SSSR count). The van der Waals surface area contributed by atoms with E-state index in [2.05, 4.69) is 20.8 Å². The number of hydrogen-bond donors (Lipinski definition) is 0. The van der Waals surface area contributed by atoms with E-state index in [0.29, 0.717) is 5.92 Å². The molecule has 0 spiro atoms. The van der Waals surface area contributed by atoms with E-state index in [1.54, 1.807) is 21.3 Å². The second-order valence-electron chi connectivity index (χ2n) is 4.84. The summed E-state index contributed by atoms with van der Waals surface area (Å²) < 4.78 is 16.0. The molecule has 16 heavy (non-hydrogen) atoms. The minimum atomic E-state index is -0.265. The molecule has 2 atom stereocenters. The molecule has 3 nitrogen and oxygen atoms in total. The minimum Gasteiger partial charge on any atom is -0.376 e. The molecule has 0 saturated carbocycles. The molecular formula is C13H28O3. The molecule has 0 saturated heterocycles. The molecule has 0 aromatic heterocycles. The third kappa shape index (κ3) is 5.83. The highest BCUT2D eigenvalue weighted by Crippen LogP contribution is 2.21. The van der Waals surface area contributed by atoms with Crippen molar-refractivity contribution < 1.29 is 14.2 Å². The van der Waals surface area contributed by atoms with Gasteiger partial charge in [-0.05, 0) is 18.3 Å². The summed E-state index contributed by atoms with van der Waals surface area (Å²) in [6.07, 6.45) is 3.41. The lowest BCUT2D eigenvalue weighted by atomic mass is 9.95. The molecule has 0 aliphatic rings. The van der Waals surface area contributed by atoms with Crippen LogP contribution in [0, 0.1) is 11.8 Å². The molecule has 0 aliphatic carbocycles. The van der Waals surface area contributed by atoms with E-state index in [1.807, 2.05) is 0 Å². The Balaban J connectivity index is 4.03. The van der Waals surface area contributed by atoms with Crippen LogP contribution in [0.2, 0.25) is 0 Å². The van der Waals surface area contributed by atoms with Gasteiger partial charge in [-0.1, -0.05) is 33.6 Å². The van der Waals surface area contributed by atoms with Crippen molar-refractivity contribution in [3.05, 3.63) is 0 Å². The molecule has 0 aliphatic heterocycles. The van der Waals surface area contributed by atoms with Crippen molar-refractivity contribution in [2.24, 2.45) is 11.8 Å². The van der Waals surface area contributed by atoms with Crippen molar-refractivity contribution >= 4 is 0 Å². The summed E-state index contributed by atoms with van der Waals surface area (Å²) in [5.41, 5.74) is 0. The highest BCUT2D eigenvalue weighted by atomic mass is 16.7. The van der Waals surface area contributed by atoms with Gasteiger partial charge in [-0.15, -0.1) is 0 Å². The zero-order valence-electron chi connectivity index (χ0n) is 11.7. The first-order valence-electron chi connectivity index (χ1n) is 6.15. The lowest BCUT2D eigenvalue weighted by molar-refractivity contribution is -0.187. The second kappa shape index (κ2) is 8.97. The molecule has 0 N–H and O–H groups in total. The molecule has 0 heterocycles. The molecule has 0 fully saturated rings. The van der Waals surface area contributed by atoms with Gasteiger partial charge < -0.3 is 14.2 Å². The van der Waals surface area contributed by atoms with Crippen LogP contribution in [0.5, 0.6) is 0 Å². The highest BCUT2D eigenvalue weighted by Gasteiger charge is 2.26. The van der Waals surface area contributed by atoms with E-state index >= 15 is 0 Å². The van der Waals surface area contributed by atoms with Crippen molar-refractivity contribution in [3.63, 3.8) is 0 Å². The normalized spacial score (nSPS) is 15.8. The predicted molar refractivity (Wildman–Crippen MR) is 66.5 cm³/mol. The van der Waals surface area contributed by atoms with Gasteiger partial charge in [0.2, 0.25) is 0 Å². The standard InChI is InChI=1S/C13H28O3/c1-10(2)8-7-9-11(3)12(14-4)13(15-5)16-6/h10-13H,7-9H2,1-6H3. The van der Waals surface area contributed by atoms with Gasteiger partial charge in [-0.25, -0.2) is 0 Å². The molecule has 0 aromatic carbocycles. The Labute approximate surface area is 100 Å². The van der Waals surface area contributed by atoms with Crippen LogP contribution in [-0.2, 0) is 14.2 Å². The van der Waals surface area contributed by atoms with E-state index in [0.717, 1.165) is 12.3 Å². The van der Waals surface area contributed by atoms with E-state index in [4.69, 9.17) is 14.2 Å². The fourth-order valence-corrected chi connectivity index (χ4v) is 1.99. The summed E-state index contributed by atoms with van der Waals surface area (Å²) in [6.45, 7) is 6.71. The molecule has 98 valence electrons. The van der Waals surface area contributed by atoms with Crippen LogP contribution < -0.4 is 0 Å². The van der Waals surface area contributed by atoms with Crippen LogP contribution in [0.3, 0.4) is 0 Å². The Kier molecular flexibility index (Phi) is 8.90. The summed E-state index contributed by atoms with van der Waals surface area (Å²) in [6, 6.07) is 0. The van der Waals surface area contributed by atoms with Crippen LogP contribution in [0.4, 0.5) is 0 Å². The average molecular weight is 232 g/mol. The van der Waals surface area contributed by atoms with E-state index in [1.165, 1.54) is 12.8 Å². The quantitative estimate of drug-likeness (QED) is 0.572. The molecule has 0 bridgehead atoms. The SMILES string of the molecule is COC(OC)C(OC)C(C)CCCC(C)C. The maximum Gasteiger partial charge on any atom is 0.183 e. The van der Waals surface area contributed by atoms with Crippen LogP contribution in [0.1, 0.15) is 40.0 Å². The fourth-order valence-electron chi connectivity index (χ4n) is 1.99.